The summed E-state index contributed by atoms with van der Waals surface area (Å²) < 4.78 is 0. The maximum Gasteiger partial charge on any atom is 0.280 e. The molecule has 1 saturated carbocycles. The van der Waals surface area contributed by atoms with E-state index in [4.69, 9.17) is 0 Å². The van der Waals surface area contributed by atoms with Crippen molar-refractivity contribution in [3.63, 3.8) is 0 Å². The van der Waals surface area contributed by atoms with Crippen LogP contribution in [0.25, 0.3) is 6.08 Å². The summed E-state index contributed by atoms with van der Waals surface area (Å²) in [6.45, 7) is 6.69. The Bertz CT molecular complexity index is 882. The lowest BCUT2D eigenvalue weighted by Crippen LogP contribution is -2.08. The van der Waals surface area contributed by atoms with Crippen LogP contribution in [0.3, 0.4) is 0 Å². The number of hydrogen-bond acceptors (Lipinski definition) is 3. The molecule has 134 valence electrons. The molecule has 4 nitrogen and oxygen atoms in total. The van der Waals surface area contributed by atoms with Crippen LogP contribution in [0.4, 0.5) is 5.69 Å². The van der Waals surface area contributed by atoms with Crippen LogP contribution < -0.4 is 0 Å². The van der Waals surface area contributed by atoms with Gasteiger partial charge in [-0.15, -0.1) is 0 Å². The Morgan fingerprint density at radius 3 is 2.46 bits per heavy atom. The molecule has 0 saturated heterocycles. The number of ketones is 1. The minimum Gasteiger partial charge on any atom is -0.288 e. The van der Waals surface area contributed by atoms with Gasteiger partial charge in [0, 0.05) is 11.6 Å². The summed E-state index contributed by atoms with van der Waals surface area (Å²) in [6, 6.07) is 13.5. The van der Waals surface area contributed by atoms with Crippen molar-refractivity contribution in [1.29, 1.82) is 0 Å². The molecule has 1 unspecified atom stereocenters. The Hall–Kier alpha value is -2.75. The van der Waals surface area contributed by atoms with Crippen molar-refractivity contribution in [3.8, 4) is 0 Å². The topological polar surface area (TPSA) is 60.2 Å². The number of carbonyl (C=O) groups excluding carboxylic acids is 1. The largest absolute Gasteiger partial charge is 0.288 e. The predicted octanol–water partition coefficient (Wildman–Crippen LogP) is 5.67. The zero-order valence-corrected chi connectivity index (χ0v) is 15.4. The van der Waals surface area contributed by atoms with Gasteiger partial charge >= 0.3 is 0 Å². The third kappa shape index (κ3) is 3.59. The fourth-order valence-electron chi connectivity index (χ4n) is 3.91. The molecule has 4 heteroatoms. The number of nitro groups is 1. The van der Waals surface area contributed by atoms with Crippen LogP contribution in [0.15, 0.2) is 54.1 Å². The lowest BCUT2D eigenvalue weighted by Gasteiger charge is -2.20. The average molecular weight is 349 g/mol. The minimum absolute atomic E-state index is 0.116. The summed E-state index contributed by atoms with van der Waals surface area (Å²) in [6.07, 6.45) is 4.24. The van der Waals surface area contributed by atoms with Crippen LogP contribution in [0.5, 0.6) is 0 Å². The van der Waals surface area contributed by atoms with Crippen molar-refractivity contribution in [2.24, 2.45) is 11.3 Å². The van der Waals surface area contributed by atoms with Gasteiger partial charge in [0.1, 0.15) is 5.56 Å². The molecule has 2 aromatic rings. The first-order valence-electron chi connectivity index (χ1n) is 8.87. The molecule has 3 rings (SSSR count). The van der Waals surface area contributed by atoms with Gasteiger partial charge in [0.25, 0.3) is 5.69 Å². The second-order valence-electron chi connectivity index (χ2n) is 7.80. The van der Waals surface area contributed by atoms with Crippen molar-refractivity contribution < 1.29 is 9.72 Å². The molecule has 1 aliphatic carbocycles. The molecule has 1 aliphatic rings. The maximum absolute atomic E-state index is 12.8. The summed E-state index contributed by atoms with van der Waals surface area (Å²) in [5.41, 5.74) is 2.73. The fourth-order valence-corrected chi connectivity index (χ4v) is 3.91. The van der Waals surface area contributed by atoms with E-state index in [2.05, 4.69) is 26.8 Å². The zero-order chi connectivity index (χ0) is 18.9. The molecule has 0 amide bonds. The van der Waals surface area contributed by atoms with E-state index >= 15 is 0 Å². The Balaban J connectivity index is 2.05. The molecule has 0 aliphatic heterocycles. The lowest BCUT2D eigenvalue weighted by atomic mass is 9.85. The highest BCUT2D eigenvalue weighted by Gasteiger charge is 2.33. The van der Waals surface area contributed by atoms with Gasteiger partial charge < -0.3 is 0 Å². The van der Waals surface area contributed by atoms with Crippen molar-refractivity contribution in [2.75, 3.05) is 0 Å². The van der Waals surface area contributed by atoms with Crippen LogP contribution in [-0.2, 0) is 0 Å². The van der Waals surface area contributed by atoms with Crippen LogP contribution in [0.2, 0.25) is 0 Å². The molecule has 1 atom stereocenters. The molecule has 1 fully saturated rings. The molecular weight excluding hydrogens is 326 g/mol. The van der Waals surface area contributed by atoms with Crippen LogP contribution in [0.1, 0.15) is 55.1 Å². The smallest absolute Gasteiger partial charge is 0.280 e. The Morgan fingerprint density at radius 2 is 1.88 bits per heavy atom. The molecule has 0 radical (unpaired) electrons. The van der Waals surface area contributed by atoms with E-state index in [0.717, 1.165) is 18.4 Å². The SMILES string of the molecule is CC1CC(=Cc2ccc([N+](=O)[O-])c(C(=O)c3ccccc3)c2)C(C)(C)C1. The lowest BCUT2D eigenvalue weighted by molar-refractivity contribution is -0.385. The third-order valence-electron chi connectivity index (χ3n) is 5.14. The van der Waals surface area contributed by atoms with Gasteiger partial charge in [-0.05, 0) is 41.9 Å². The highest BCUT2D eigenvalue weighted by Crippen LogP contribution is 2.46. The number of benzene rings is 2. The van der Waals surface area contributed by atoms with Gasteiger partial charge in [0.15, 0.2) is 5.78 Å². The second kappa shape index (κ2) is 6.87. The first-order valence-corrected chi connectivity index (χ1v) is 8.87. The van der Waals surface area contributed by atoms with Crippen molar-refractivity contribution in [2.45, 2.75) is 33.6 Å². The molecule has 0 N–H and O–H groups in total. The van der Waals surface area contributed by atoms with Gasteiger partial charge in [-0.25, -0.2) is 0 Å². The van der Waals surface area contributed by atoms with Gasteiger partial charge in [-0.2, -0.15) is 0 Å². The molecule has 0 aromatic heterocycles. The Kier molecular flexibility index (Phi) is 4.77. The molecule has 0 spiro atoms. The Morgan fingerprint density at radius 1 is 1.19 bits per heavy atom. The molecule has 0 heterocycles. The summed E-state index contributed by atoms with van der Waals surface area (Å²) in [7, 11) is 0. The predicted molar refractivity (Wildman–Crippen MR) is 103 cm³/mol. The van der Waals surface area contributed by atoms with E-state index in [-0.39, 0.29) is 22.4 Å². The van der Waals surface area contributed by atoms with E-state index < -0.39 is 4.92 Å². The monoisotopic (exact) mass is 349 g/mol. The van der Waals surface area contributed by atoms with Gasteiger partial charge in [-0.1, -0.05) is 62.8 Å². The highest BCUT2D eigenvalue weighted by atomic mass is 16.6. The number of allylic oxidation sites excluding steroid dienone is 1. The standard InChI is InChI=1S/C22H23NO3/c1-15-11-18(22(2,3)14-15)12-16-9-10-20(23(25)26)19(13-16)21(24)17-7-5-4-6-8-17/h4-10,12-13,15H,11,14H2,1-3H3. The molecule has 2 aromatic carbocycles. The minimum atomic E-state index is -0.491. The number of nitrogens with zero attached hydrogens (tertiary/aromatic N) is 1. The van der Waals surface area contributed by atoms with E-state index in [1.54, 1.807) is 36.4 Å². The summed E-state index contributed by atoms with van der Waals surface area (Å²) in [5.74, 6) is 0.302. The van der Waals surface area contributed by atoms with Crippen molar-refractivity contribution >= 4 is 17.5 Å². The van der Waals surface area contributed by atoms with Gasteiger partial charge in [0.05, 0.1) is 4.92 Å². The third-order valence-corrected chi connectivity index (χ3v) is 5.14. The van der Waals surface area contributed by atoms with E-state index in [1.165, 1.54) is 11.6 Å². The fraction of sp³-hybridized carbons (Fsp3) is 0.318. The second-order valence-corrected chi connectivity index (χ2v) is 7.80. The van der Waals surface area contributed by atoms with Crippen molar-refractivity contribution in [1.82, 2.24) is 0 Å². The number of rotatable bonds is 4. The van der Waals surface area contributed by atoms with Gasteiger partial charge in [0.2, 0.25) is 0 Å². The highest BCUT2D eigenvalue weighted by molar-refractivity contribution is 6.11. The Labute approximate surface area is 153 Å². The van der Waals surface area contributed by atoms with Crippen LogP contribution >= 0.6 is 0 Å². The normalized spacial score (nSPS) is 20.3. The maximum atomic E-state index is 12.8. The average Bonchev–Trinajstić information content (AvgIpc) is 2.86. The summed E-state index contributed by atoms with van der Waals surface area (Å²) in [4.78, 5) is 23.7. The van der Waals surface area contributed by atoms with Crippen molar-refractivity contribution in [3.05, 3.63) is 80.9 Å². The number of nitro benzene ring substituents is 1. The van der Waals surface area contributed by atoms with E-state index in [1.807, 2.05) is 6.07 Å². The van der Waals surface area contributed by atoms with Crippen LogP contribution in [0, 0.1) is 21.4 Å². The first kappa shape index (κ1) is 18.1. The molecular formula is C22H23NO3. The van der Waals surface area contributed by atoms with Crippen LogP contribution in [-0.4, -0.2) is 10.7 Å². The zero-order valence-electron chi connectivity index (χ0n) is 15.4. The number of hydrogen-bond donors (Lipinski definition) is 0. The molecule has 26 heavy (non-hydrogen) atoms. The summed E-state index contributed by atoms with van der Waals surface area (Å²) in [5, 5.41) is 11.4. The quantitative estimate of drug-likeness (QED) is 0.406. The van der Waals surface area contributed by atoms with E-state index in [0.29, 0.717) is 11.5 Å². The van der Waals surface area contributed by atoms with Gasteiger partial charge in [-0.3, -0.25) is 14.9 Å². The summed E-state index contributed by atoms with van der Waals surface area (Å²) >= 11 is 0. The number of carbonyl (C=O) groups is 1. The molecule has 0 bridgehead atoms. The van der Waals surface area contributed by atoms with E-state index in [9.17, 15) is 14.9 Å². The first-order chi connectivity index (χ1) is 12.3.